The van der Waals surface area contributed by atoms with Crippen molar-refractivity contribution >= 4 is 46.3 Å². The molecule has 0 aliphatic carbocycles. The van der Waals surface area contributed by atoms with Crippen LogP contribution in [0.5, 0.6) is 0 Å². The predicted octanol–water partition coefficient (Wildman–Crippen LogP) is 3.66. The van der Waals surface area contributed by atoms with Crippen LogP contribution in [0.15, 0.2) is 29.2 Å². The Kier molecular flexibility index (Phi) is 4.96. The summed E-state index contributed by atoms with van der Waals surface area (Å²) in [6.45, 7) is 7.87. The molecule has 0 aromatic heterocycles. The number of carbonyl (C=O) groups excluding carboxylic acids is 1. The monoisotopic (exact) mass is 349 g/mol. The lowest BCUT2D eigenvalue weighted by Crippen LogP contribution is -2.41. The molecule has 122 valence electrons. The van der Waals surface area contributed by atoms with E-state index in [-0.39, 0.29) is 15.6 Å². The zero-order valence-corrected chi connectivity index (χ0v) is 15.1. The van der Waals surface area contributed by atoms with E-state index in [2.05, 4.69) is 20.8 Å². The quantitative estimate of drug-likeness (QED) is 0.667. The van der Waals surface area contributed by atoms with E-state index in [0.29, 0.717) is 4.91 Å². The first kappa shape index (κ1) is 17.7. The zero-order valence-electron chi connectivity index (χ0n) is 13.5. The number of hydrogen-bond acceptors (Lipinski definition) is 4. The van der Waals surface area contributed by atoms with Gasteiger partial charge in [0.1, 0.15) is 10.4 Å². The molecule has 1 fully saturated rings. The Balaban J connectivity index is 2.26. The van der Waals surface area contributed by atoms with E-state index < -0.39 is 12.0 Å². The summed E-state index contributed by atoms with van der Waals surface area (Å²) in [5.74, 6) is -1.42. The van der Waals surface area contributed by atoms with Gasteiger partial charge in [0.15, 0.2) is 0 Å². The molecule has 2 rings (SSSR count). The molecule has 1 atom stereocenters. The second-order valence-corrected chi connectivity index (χ2v) is 8.11. The molecular formula is C17H19NO3S2. The minimum atomic E-state index is -1.07. The van der Waals surface area contributed by atoms with Gasteiger partial charge in [0.25, 0.3) is 5.91 Å². The van der Waals surface area contributed by atoms with Crippen molar-refractivity contribution in [3.8, 4) is 0 Å². The molecule has 0 unspecified atom stereocenters. The van der Waals surface area contributed by atoms with E-state index >= 15 is 0 Å². The van der Waals surface area contributed by atoms with Gasteiger partial charge >= 0.3 is 5.97 Å². The minimum absolute atomic E-state index is 0.0683. The number of nitrogens with zero attached hydrogens (tertiary/aromatic N) is 1. The summed E-state index contributed by atoms with van der Waals surface area (Å²) in [6.07, 6.45) is 1.75. The van der Waals surface area contributed by atoms with Crippen LogP contribution in [-0.2, 0) is 15.0 Å². The van der Waals surface area contributed by atoms with E-state index in [4.69, 9.17) is 17.3 Å². The molecule has 1 aromatic rings. The lowest BCUT2D eigenvalue weighted by atomic mass is 9.87. The fraction of sp³-hybridized carbons (Fsp3) is 0.353. The van der Waals surface area contributed by atoms with E-state index in [1.54, 1.807) is 6.08 Å². The molecule has 1 N–H and O–H groups in total. The maximum atomic E-state index is 12.4. The number of carboxylic acids is 1. The Labute approximate surface area is 145 Å². The van der Waals surface area contributed by atoms with Crippen molar-refractivity contribution in [2.24, 2.45) is 0 Å². The summed E-state index contributed by atoms with van der Waals surface area (Å²) >= 11 is 6.28. The Bertz CT molecular complexity index is 687. The number of amides is 1. The molecule has 1 aromatic carbocycles. The summed E-state index contributed by atoms with van der Waals surface area (Å²) in [5, 5.41) is 9.08. The van der Waals surface area contributed by atoms with Crippen LogP contribution in [0.3, 0.4) is 0 Å². The van der Waals surface area contributed by atoms with Crippen LogP contribution in [0.4, 0.5) is 0 Å². The van der Waals surface area contributed by atoms with Gasteiger partial charge < -0.3 is 5.11 Å². The summed E-state index contributed by atoms with van der Waals surface area (Å²) in [4.78, 5) is 25.1. The lowest BCUT2D eigenvalue weighted by molar-refractivity contribution is -0.144. The first-order valence-electron chi connectivity index (χ1n) is 7.21. The Morgan fingerprint density at radius 3 is 2.35 bits per heavy atom. The average Bonchev–Trinajstić information content (AvgIpc) is 2.72. The highest BCUT2D eigenvalue weighted by atomic mass is 32.2. The van der Waals surface area contributed by atoms with Gasteiger partial charge in [-0.15, -0.1) is 0 Å². The van der Waals surface area contributed by atoms with Crippen LogP contribution >= 0.6 is 24.0 Å². The molecule has 1 aliphatic heterocycles. The highest BCUT2D eigenvalue weighted by Gasteiger charge is 2.38. The van der Waals surface area contributed by atoms with Crippen LogP contribution < -0.4 is 0 Å². The number of carboxylic acid groups (broad SMARTS) is 1. The van der Waals surface area contributed by atoms with Gasteiger partial charge in [-0.05, 0) is 29.5 Å². The summed E-state index contributed by atoms with van der Waals surface area (Å²) in [5.41, 5.74) is 2.17. The van der Waals surface area contributed by atoms with Gasteiger partial charge in [-0.2, -0.15) is 0 Å². The summed E-state index contributed by atoms with van der Waals surface area (Å²) in [7, 11) is 0. The van der Waals surface area contributed by atoms with Crippen molar-refractivity contribution < 1.29 is 14.7 Å². The van der Waals surface area contributed by atoms with Crippen LogP contribution in [-0.4, -0.2) is 32.2 Å². The lowest BCUT2D eigenvalue weighted by Gasteiger charge is -2.19. The highest BCUT2D eigenvalue weighted by Crippen LogP contribution is 2.34. The number of hydrogen-bond donors (Lipinski definition) is 1. The molecule has 0 spiro atoms. The third-order valence-electron chi connectivity index (χ3n) is 3.64. The normalized spacial score (nSPS) is 18.6. The van der Waals surface area contributed by atoms with Crippen molar-refractivity contribution in [2.45, 2.75) is 39.2 Å². The summed E-state index contributed by atoms with van der Waals surface area (Å²) in [6, 6.07) is 7.01. The first-order chi connectivity index (χ1) is 10.6. The third kappa shape index (κ3) is 3.82. The van der Waals surface area contributed by atoms with E-state index in [9.17, 15) is 9.59 Å². The second-order valence-electron chi connectivity index (χ2n) is 6.44. The Morgan fingerprint density at radius 1 is 1.30 bits per heavy atom. The number of thiocarbonyl (C=S) groups is 1. The smallest absolute Gasteiger partial charge is 0.326 e. The SMILES string of the molecule is C[C@H](C(=O)O)N1C(=O)/C(=C\c2ccc(C(C)(C)C)cc2)SC1=S. The number of carbonyl (C=O) groups is 2. The summed E-state index contributed by atoms with van der Waals surface area (Å²) < 4.78 is 0.280. The van der Waals surface area contributed by atoms with Gasteiger partial charge in [-0.1, -0.05) is 69.0 Å². The molecule has 4 nitrogen and oxygen atoms in total. The van der Waals surface area contributed by atoms with Gasteiger partial charge in [-0.3, -0.25) is 9.69 Å². The Morgan fingerprint density at radius 2 is 1.87 bits per heavy atom. The van der Waals surface area contributed by atoms with Crippen LogP contribution in [0.2, 0.25) is 0 Å². The number of thioether (sulfide) groups is 1. The van der Waals surface area contributed by atoms with Crippen molar-refractivity contribution in [1.82, 2.24) is 4.90 Å². The van der Waals surface area contributed by atoms with Crippen LogP contribution in [0.1, 0.15) is 38.8 Å². The molecule has 0 radical (unpaired) electrons. The van der Waals surface area contributed by atoms with E-state index in [0.717, 1.165) is 22.2 Å². The van der Waals surface area contributed by atoms with Crippen LogP contribution in [0.25, 0.3) is 6.08 Å². The van der Waals surface area contributed by atoms with E-state index in [1.165, 1.54) is 12.5 Å². The fourth-order valence-electron chi connectivity index (χ4n) is 2.15. The van der Waals surface area contributed by atoms with Gasteiger partial charge in [0, 0.05) is 0 Å². The molecule has 1 saturated heterocycles. The fourth-order valence-corrected chi connectivity index (χ4v) is 3.57. The van der Waals surface area contributed by atoms with Gasteiger partial charge in [-0.25, -0.2) is 4.79 Å². The van der Waals surface area contributed by atoms with Crippen molar-refractivity contribution in [3.05, 3.63) is 40.3 Å². The van der Waals surface area contributed by atoms with Crippen molar-refractivity contribution in [3.63, 3.8) is 0 Å². The maximum Gasteiger partial charge on any atom is 0.326 e. The molecule has 0 saturated carbocycles. The number of benzene rings is 1. The first-order valence-corrected chi connectivity index (χ1v) is 8.44. The largest absolute Gasteiger partial charge is 0.480 e. The van der Waals surface area contributed by atoms with Gasteiger partial charge in [0.2, 0.25) is 0 Å². The zero-order chi connectivity index (χ0) is 17.4. The molecule has 0 bridgehead atoms. The maximum absolute atomic E-state index is 12.4. The van der Waals surface area contributed by atoms with Gasteiger partial charge in [0.05, 0.1) is 4.91 Å². The standard InChI is InChI=1S/C17H19NO3S2/c1-10(15(20)21)18-14(19)13(23-16(18)22)9-11-5-7-12(8-6-11)17(2,3)4/h5-10H,1-4H3,(H,20,21)/b13-9+/t10-/m1/s1. The minimum Gasteiger partial charge on any atom is -0.480 e. The third-order valence-corrected chi connectivity index (χ3v) is 4.97. The average molecular weight is 349 g/mol. The molecule has 1 amide bonds. The molecule has 1 heterocycles. The highest BCUT2D eigenvalue weighted by molar-refractivity contribution is 8.26. The van der Waals surface area contributed by atoms with Crippen molar-refractivity contribution in [1.29, 1.82) is 0 Å². The Hall–Kier alpha value is -1.66. The molecule has 23 heavy (non-hydrogen) atoms. The van der Waals surface area contributed by atoms with E-state index in [1.807, 2.05) is 24.3 Å². The molecule has 1 aliphatic rings. The number of aliphatic carboxylic acids is 1. The second kappa shape index (κ2) is 6.45. The van der Waals surface area contributed by atoms with Crippen LogP contribution in [0, 0.1) is 0 Å². The molecular weight excluding hydrogens is 330 g/mol. The predicted molar refractivity (Wildman–Crippen MR) is 97.3 cm³/mol. The topological polar surface area (TPSA) is 57.6 Å². The van der Waals surface area contributed by atoms with Crippen molar-refractivity contribution in [2.75, 3.05) is 0 Å². The molecule has 6 heteroatoms. The number of rotatable bonds is 3.